The van der Waals surface area contributed by atoms with E-state index >= 15 is 0 Å². The fourth-order valence-electron chi connectivity index (χ4n) is 3.67. The molecule has 4 aromatic rings. The normalized spacial score (nSPS) is 11.1. The fourth-order valence-corrected chi connectivity index (χ4v) is 3.67. The summed E-state index contributed by atoms with van der Waals surface area (Å²) in [7, 11) is 0. The molecule has 0 saturated heterocycles. The summed E-state index contributed by atoms with van der Waals surface area (Å²) in [5.41, 5.74) is 6.33. The number of aryl methyl sites for hydroxylation is 3. The zero-order chi connectivity index (χ0) is 21.4. The van der Waals surface area contributed by atoms with Gasteiger partial charge in [-0.25, -0.2) is 4.79 Å². The van der Waals surface area contributed by atoms with Crippen molar-refractivity contribution < 1.29 is 18.7 Å². The number of nitrogens with zero attached hydrogens (tertiary/aromatic N) is 1. The topological polar surface area (TPSA) is 61.4 Å². The van der Waals surface area contributed by atoms with Gasteiger partial charge in [-0.3, -0.25) is 4.79 Å². The molecule has 4 rings (SSSR count). The third-order valence-corrected chi connectivity index (χ3v) is 5.44. The van der Waals surface area contributed by atoms with Crippen molar-refractivity contribution in [1.82, 2.24) is 4.57 Å². The Morgan fingerprint density at radius 1 is 0.933 bits per heavy atom. The number of carbonyl (C=O) groups is 2. The molecule has 30 heavy (non-hydrogen) atoms. The van der Waals surface area contributed by atoms with Crippen molar-refractivity contribution in [3.8, 4) is 5.69 Å². The van der Waals surface area contributed by atoms with Crippen LogP contribution >= 0.6 is 0 Å². The van der Waals surface area contributed by atoms with E-state index in [1.165, 1.54) is 11.1 Å². The Kier molecular flexibility index (Phi) is 5.04. The Bertz CT molecular complexity index is 1240. The van der Waals surface area contributed by atoms with Gasteiger partial charge in [-0.05, 0) is 69.2 Å². The summed E-state index contributed by atoms with van der Waals surface area (Å²) in [4.78, 5) is 25.1. The van der Waals surface area contributed by atoms with Crippen LogP contribution in [0.3, 0.4) is 0 Å². The molecule has 0 aliphatic rings. The van der Waals surface area contributed by atoms with Gasteiger partial charge in [-0.1, -0.05) is 24.3 Å². The summed E-state index contributed by atoms with van der Waals surface area (Å²) in [5, 5.41) is 0.813. The molecular formula is C25H23NO4. The summed E-state index contributed by atoms with van der Waals surface area (Å²) in [6.45, 7) is 7.65. The molecule has 2 heterocycles. The van der Waals surface area contributed by atoms with Crippen LogP contribution in [0.4, 0.5) is 0 Å². The molecule has 0 atom stereocenters. The molecule has 0 aliphatic carbocycles. The molecule has 2 aromatic carbocycles. The number of furan rings is 1. The third-order valence-electron chi connectivity index (χ3n) is 5.44. The Morgan fingerprint density at radius 2 is 1.70 bits per heavy atom. The van der Waals surface area contributed by atoms with Crippen LogP contribution in [0.1, 0.15) is 43.4 Å². The average molecular weight is 401 g/mol. The van der Waals surface area contributed by atoms with Crippen molar-refractivity contribution in [3.63, 3.8) is 0 Å². The van der Waals surface area contributed by atoms with Gasteiger partial charge < -0.3 is 13.7 Å². The van der Waals surface area contributed by atoms with Crippen molar-refractivity contribution >= 4 is 22.7 Å². The number of benzene rings is 2. The largest absolute Gasteiger partial charge is 0.451 e. The number of fused-ring (bicyclic) bond motifs is 1. The molecule has 2 aromatic heterocycles. The smallest absolute Gasteiger partial charge is 0.374 e. The number of Topliss-reactive ketones (excluding diaryl/α,β-unsaturated/α-hetero) is 1. The maximum atomic E-state index is 12.8. The van der Waals surface area contributed by atoms with E-state index in [9.17, 15) is 9.59 Å². The van der Waals surface area contributed by atoms with Gasteiger partial charge in [0.15, 0.2) is 6.61 Å². The SMILES string of the molecule is Cc1ccc(-n2c(C)cc(C(=O)COC(=O)c3cc4ccccc4o3)c2C)cc1C. The van der Waals surface area contributed by atoms with Crippen LogP contribution in [-0.2, 0) is 4.74 Å². The zero-order valence-corrected chi connectivity index (χ0v) is 17.5. The molecule has 0 N–H and O–H groups in total. The molecule has 0 fully saturated rings. The number of para-hydroxylation sites is 1. The van der Waals surface area contributed by atoms with Gasteiger partial charge in [-0.15, -0.1) is 0 Å². The Hall–Kier alpha value is -3.60. The summed E-state index contributed by atoms with van der Waals surface area (Å²) in [6, 6.07) is 17.0. The predicted molar refractivity (Wildman–Crippen MR) is 116 cm³/mol. The molecule has 152 valence electrons. The van der Waals surface area contributed by atoms with E-state index in [-0.39, 0.29) is 18.2 Å². The molecule has 5 nitrogen and oxygen atoms in total. The van der Waals surface area contributed by atoms with Crippen molar-refractivity contribution in [2.45, 2.75) is 27.7 Å². The van der Waals surface area contributed by atoms with Gasteiger partial charge >= 0.3 is 5.97 Å². The Morgan fingerprint density at radius 3 is 2.43 bits per heavy atom. The lowest BCUT2D eigenvalue weighted by Gasteiger charge is -2.12. The molecule has 0 radical (unpaired) electrons. The quantitative estimate of drug-likeness (QED) is 0.327. The summed E-state index contributed by atoms with van der Waals surface area (Å²) in [5.74, 6) is -0.810. The maximum Gasteiger partial charge on any atom is 0.374 e. The Labute approximate surface area is 174 Å². The van der Waals surface area contributed by atoms with Crippen molar-refractivity contribution in [1.29, 1.82) is 0 Å². The van der Waals surface area contributed by atoms with E-state index in [0.29, 0.717) is 11.1 Å². The standard InChI is InChI=1S/C25H23NO4/c1-15-9-10-20(11-16(15)2)26-17(3)12-21(18(26)4)22(27)14-29-25(28)24-13-19-7-5-6-8-23(19)30-24/h5-13H,14H2,1-4H3. The molecule has 0 spiro atoms. The molecule has 0 aliphatic heterocycles. The number of rotatable bonds is 5. The predicted octanol–water partition coefficient (Wildman–Crippen LogP) is 5.50. The fraction of sp³-hybridized carbons (Fsp3) is 0.200. The molecule has 0 unspecified atom stereocenters. The molecule has 0 saturated carbocycles. The van der Waals surface area contributed by atoms with Gasteiger partial charge in [0.25, 0.3) is 0 Å². The first-order chi connectivity index (χ1) is 14.3. The summed E-state index contributed by atoms with van der Waals surface area (Å²) >= 11 is 0. The van der Waals surface area contributed by atoms with E-state index in [4.69, 9.17) is 9.15 Å². The minimum Gasteiger partial charge on any atom is -0.451 e. The lowest BCUT2D eigenvalue weighted by molar-refractivity contribution is 0.0446. The highest BCUT2D eigenvalue weighted by Crippen LogP contribution is 2.24. The monoisotopic (exact) mass is 401 g/mol. The van der Waals surface area contributed by atoms with Crippen LogP contribution in [-0.4, -0.2) is 22.9 Å². The lowest BCUT2D eigenvalue weighted by atomic mass is 10.1. The minimum atomic E-state index is -0.650. The van der Waals surface area contributed by atoms with Gasteiger partial charge in [0.05, 0.1) is 0 Å². The maximum absolute atomic E-state index is 12.8. The summed E-state index contributed by atoms with van der Waals surface area (Å²) in [6.07, 6.45) is 0. The van der Waals surface area contributed by atoms with Gasteiger partial charge in [-0.2, -0.15) is 0 Å². The number of carbonyl (C=O) groups excluding carboxylic acids is 2. The van der Waals surface area contributed by atoms with Gasteiger partial charge in [0.2, 0.25) is 11.5 Å². The van der Waals surface area contributed by atoms with Crippen LogP contribution in [0.15, 0.2) is 59.0 Å². The molecule has 0 amide bonds. The van der Waals surface area contributed by atoms with E-state index in [2.05, 4.69) is 26.0 Å². The van der Waals surface area contributed by atoms with Crippen LogP contribution in [0, 0.1) is 27.7 Å². The highest BCUT2D eigenvalue weighted by Gasteiger charge is 2.20. The lowest BCUT2D eigenvalue weighted by Crippen LogP contribution is -2.14. The Balaban J connectivity index is 1.52. The van der Waals surface area contributed by atoms with Crippen molar-refractivity contribution in [3.05, 3.63) is 88.4 Å². The van der Waals surface area contributed by atoms with E-state index in [1.54, 1.807) is 12.1 Å². The van der Waals surface area contributed by atoms with E-state index in [1.807, 2.05) is 48.7 Å². The second-order valence-corrected chi connectivity index (χ2v) is 7.54. The van der Waals surface area contributed by atoms with Crippen LogP contribution in [0.5, 0.6) is 0 Å². The van der Waals surface area contributed by atoms with Gasteiger partial charge in [0.1, 0.15) is 5.58 Å². The second-order valence-electron chi connectivity index (χ2n) is 7.54. The number of ketones is 1. The zero-order valence-electron chi connectivity index (χ0n) is 17.5. The van der Waals surface area contributed by atoms with E-state index in [0.717, 1.165) is 22.5 Å². The summed E-state index contributed by atoms with van der Waals surface area (Å²) < 4.78 is 12.8. The van der Waals surface area contributed by atoms with Crippen LogP contribution in [0.2, 0.25) is 0 Å². The minimum absolute atomic E-state index is 0.0876. The number of ether oxygens (including phenoxy) is 1. The van der Waals surface area contributed by atoms with Gasteiger partial charge in [0, 0.05) is 28.0 Å². The van der Waals surface area contributed by atoms with E-state index < -0.39 is 5.97 Å². The van der Waals surface area contributed by atoms with Crippen molar-refractivity contribution in [2.75, 3.05) is 6.61 Å². The van der Waals surface area contributed by atoms with Crippen LogP contribution in [0.25, 0.3) is 16.7 Å². The average Bonchev–Trinajstić information content (AvgIpc) is 3.29. The molecule has 0 bridgehead atoms. The number of esters is 1. The number of hydrogen-bond acceptors (Lipinski definition) is 4. The first-order valence-electron chi connectivity index (χ1n) is 9.80. The first-order valence-corrected chi connectivity index (χ1v) is 9.80. The third kappa shape index (κ3) is 3.54. The van der Waals surface area contributed by atoms with Crippen LogP contribution < -0.4 is 0 Å². The number of aromatic nitrogens is 1. The highest BCUT2D eigenvalue weighted by atomic mass is 16.5. The number of hydrogen-bond donors (Lipinski definition) is 0. The second kappa shape index (κ2) is 7.67. The first kappa shape index (κ1) is 19.7. The van der Waals surface area contributed by atoms with Crippen molar-refractivity contribution in [2.24, 2.45) is 0 Å². The molecular weight excluding hydrogens is 378 g/mol. The highest BCUT2D eigenvalue weighted by molar-refractivity contribution is 6.00. The molecule has 5 heteroatoms.